The van der Waals surface area contributed by atoms with E-state index in [1.54, 1.807) is 0 Å². The van der Waals surface area contributed by atoms with Gasteiger partial charge in [-0.05, 0) is 44.0 Å². The second kappa shape index (κ2) is 6.63. The summed E-state index contributed by atoms with van der Waals surface area (Å²) in [6.07, 6.45) is 0. The maximum Gasteiger partial charge on any atom is 0.269 e. The van der Waals surface area contributed by atoms with E-state index in [2.05, 4.69) is 41.3 Å². The molecule has 0 atom stereocenters. The standard InChI is InChI=1S/C20H17N3OS2/c1-11-9-15-16(10-12(11)2)25-20(22-15)23-18(24)17-13(3)21-19(26-17)14-7-5-4-6-8-14/h4-10H,1-3H3,(H,22,23,24). The van der Waals surface area contributed by atoms with Gasteiger partial charge in [0, 0.05) is 5.56 Å². The van der Waals surface area contributed by atoms with Gasteiger partial charge in [0.1, 0.15) is 9.88 Å². The molecule has 4 aromatic rings. The lowest BCUT2D eigenvalue weighted by Gasteiger charge is -1.98. The summed E-state index contributed by atoms with van der Waals surface area (Å²) in [5.41, 5.74) is 5.10. The summed E-state index contributed by atoms with van der Waals surface area (Å²) in [5.74, 6) is -0.158. The molecule has 0 fully saturated rings. The third-order valence-electron chi connectivity index (χ3n) is 4.25. The summed E-state index contributed by atoms with van der Waals surface area (Å²) >= 11 is 2.90. The van der Waals surface area contributed by atoms with Gasteiger partial charge in [0.25, 0.3) is 5.91 Å². The van der Waals surface area contributed by atoms with Gasteiger partial charge in [-0.15, -0.1) is 11.3 Å². The molecule has 0 aliphatic heterocycles. The molecule has 26 heavy (non-hydrogen) atoms. The van der Waals surface area contributed by atoms with E-state index in [4.69, 9.17) is 0 Å². The van der Waals surface area contributed by atoms with Crippen LogP contribution in [0.25, 0.3) is 20.8 Å². The van der Waals surface area contributed by atoms with Crippen molar-refractivity contribution in [1.82, 2.24) is 9.97 Å². The van der Waals surface area contributed by atoms with Crippen molar-refractivity contribution >= 4 is 43.9 Å². The second-order valence-electron chi connectivity index (χ2n) is 6.18. The van der Waals surface area contributed by atoms with Crippen molar-refractivity contribution in [1.29, 1.82) is 0 Å². The Labute approximate surface area is 159 Å². The van der Waals surface area contributed by atoms with Crippen molar-refractivity contribution in [2.24, 2.45) is 0 Å². The Hall–Kier alpha value is -2.57. The van der Waals surface area contributed by atoms with Gasteiger partial charge in [-0.1, -0.05) is 41.7 Å². The van der Waals surface area contributed by atoms with Gasteiger partial charge in [-0.2, -0.15) is 0 Å². The number of thiazole rings is 2. The molecule has 2 heterocycles. The van der Waals surface area contributed by atoms with Gasteiger partial charge in [0.2, 0.25) is 0 Å². The first-order valence-electron chi connectivity index (χ1n) is 8.23. The van der Waals surface area contributed by atoms with Crippen molar-refractivity contribution in [3.8, 4) is 10.6 Å². The summed E-state index contributed by atoms with van der Waals surface area (Å²) in [6, 6.07) is 14.1. The molecule has 4 rings (SSSR count). The topological polar surface area (TPSA) is 54.9 Å². The first-order chi connectivity index (χ1) is 12.5. The van der Waals surface area contributed by atoms with Crippen LogP contribution in [0.3, 0.4) is 0 Å². The van der Waals surface area contributed by atoms with Crippen molar-refractivity contribution in [3.63, 3.8) is 0 Å². The molecule has 0 radical (unpaired) electrons. The molecule has 6 heteroatoms. The second-order valence-corrected chi connectivity index (χ2v) is 8.21. The highest BCUT2D eigenvalue weighted by Crippen LogP contribution is 2.31. The van der Waals surface area contributed by atoms with Gasteiger partial charge >= 0.3 is 0 Å². The molecule has 0 saturated carbocycles. The molecule has 1 N–H and O–H groups in total. The van der Waals surface area contributed by atoms with E-state index >= 15 is 0 Å². The zero-order valence-electron chi connectivity index (χ0n) is 14.7. The van der Waals surface area contributed by atoms with E-state index in [1.807, 2.05) is 37.3 Å². The molecule has 2 aromatic carbocycles. The lowest BCUT2D eigenvalue weighted by Crippen LogP contribution is -2.11. The lowest BCUT2D eigenvalue weighted by atomic mass is 10.1. The van der Waals surface area contributed by atoms with Crippen LogP contribution in [-0.4, -0.2) is 15.9 Å². The number of amides is 1. The van der Waals surface area contributed by atoms with E-state index in [-0.39, 0.29) is 5.91 Å². The molecule has 0 aliphatic rings. The highest BCUT2D eigenvalue weighted by Gasteiger charge is 2.18. The van der Waals surface area contributed by atoms with Gasteiger partial charge < -0.3 is 0 Å². The van der Waals surface area contributed by atoms with Crippen molar-refractivity contribution in [3.05, 3.63) is 64.2 Å². The molecular weight excluding hydrogens is 362 g/mol. The van der Waals surface area contributed by atoms with Crippen molar-refractivity contribution in [2.75, 3.05) is 5.32 Å². The van der Waals surface area contributed by atoms with Crippen LogP contribution >= 0.6 is 22.7 Å². The molecule has 0 spiro atoms. The molecular formula is C20H17N3OS2. The Kier molecular flexibility index (Phi) is 4.30. The minimum Gasteiger partial charge on any atom is -0.297 e. The average Bonchev–Trinajstić information content (AvgIpc) is 3.19. The molecule has 0 bridgehead atoms. The maximum atomic E-state index is 12.7. The first kappa shape index (κ1) is 16.9. The summed E-state index contributed by atoms with van der Waals surface area (Å²) < 4.78 is 1.08. The number of carbonyl (C=O) groups excluding carboxylic acids is 1. The van der Waals surface area contributed by atoms with Crippen LogP contribution in [0.4, 0.5) is 5.13 Å². The van der Waals surface area contributed by atoms with Crippen molar-refractivity contribution in [2.45, 2.75) is 20.8 Å². The average molecular weight is 380 g/mol. The van der Waals surface area contributed by atoms with Crippen LogP contribution in [0.5, 0.6) is 0 Å². The van der Waals surface area contributed by atoms with Crippen LogP contribution in [0, 0.1) is 20.8 Å². The summed E-state index contributed by atoms with van der Waals surface area (Å²) in [7, 11) is 0. The Bertz CT molecular complexity index is 1070. The molecule has 2 aromatic heterocycles. The Balaban J connectivity index is 1.62. The smallest absolute Gasteiger partial charge is 0.269 e. The van der Waals surface area contributed by atoms with Crippen molar-refractivity contribution < 1.29 is 4.79 Å². The zero-order valence-corrected chi connectivity index (χ0v) is 16.3. The van der Waals surface area contributed by atoms with Gasteiger partial charge in [-0.3, -0.25) is 10.1 Å². The van der Waals surface area contributed by atoms with Crippen LogP contribution in [0.15, 0.2) is 42.5 Å². The number of aryl methyl sites for hydroxylation is 3. The Morgan fingerprint density at radius 3 is 2.46 bits per heavy atom. The van der Waals surface area contributed by atoms with E-state index in [0.29, 0.717) is 10.0 Å². The van der Waals surface area contributed by atoms with Gasteiger partial charge in [-0.25, -0.2) is 9.97 Å². The number of fused-ring (bicyclic) bond motifs is 1. The van der Waals surface area contributed by atoms with E-state index in [0.717, 1.165) is 26.5 Å². The number of carbonyl (C=O) groups is 1. The maximum absolute atomic E-state index is 12.7. The highest BCUT2D eigenvalue weighted by atomic mass is 32.1. The fourth-order valence-electron chi connectivity index (χ4n) is 2.70. The number of anilines is 1. The van der Waals surface area contributed by atoms with E-state index in [9.17, 15) is 4.79 Å². The van der Waals surface area contributed by atoms with Crippen LogP contribution in [0.1, 0.15) is 26.5 Å². The zero-order chi connectivity index (χ0) is 18.3. The van der Waals surface area contributed by atoms with Gasteiger partial charge in [0.15, 0.2) is 5.13 Å². The third kappa shape index (κ3) is 3.13. The predicted octanol–water partition coefficient (Wildman–Crippen LogP) is 5.60. The first-order valence-corrected chi connectivity index (χ1v) is 9.86. The summed E-state index contributed by atoms with van der Waals surface area (Å²) in [4.78, 5) is 22.4. The molecule has 1 amide bonds. The number of nitrogens with zero attached hydrogens (tertiary/aromatic N) is 2. The minimum absolute atomic E-state index is 0.158. The molecule has 4 nitrogen and oxygen atoms in total. The van der Waals surface area contributed by atoms with E-state index < -0.39 is 0 Å². The minimum atomic E-state index is -0.158. The predicted molar refractivity (Wildman–Crippen MR) is 109 cm³/mol. The number of aromatic nitrogens is 2. The van der Waals surface area contributed by atoms with E-state index in [1.165, 1.54) is 33.8 Å². The van der Waals surface area contributed by atoms with Crippen LogP contribution < -0.4 is 5.32 Å². The Morgan fingerprint density at radius 2 is 1.69 bits per heavy atom. The quantitative estimate of drug-likeness (QED) is 0.504. The number of rotatable bonds is 3. The Morgan fingerprint density at radius 1 is 0.962 bits per heavy atom. The normalized spacial score (nSPS) is 11.0. The number of benzene rings is 2. The monoisotopic (exact) mass is 379 g/mol. The number of hydrogen-bond donors (Lipinski definition) is 1. The largest absolute Gasteiger partial charge is 0.297 e. The highest BCUT2D eigenvalue weighted by molar-refractivity contribution is 7.22. The molecule has 0 unspecified atom stereocenters. The molecule has 0 aliphatic carbocycles. The third-order valence-corrected chi connectivity index (χ3v) is 6.39. The number of nitrogens with one attached hydrogen (secondary N) is 1. The molecule has 130 valence electrons. The summed E-state index contributed by atoms with van der Waals surface area (Å²) in [5, 5.41) is 4.40. The number of hydrogen-bond acceptors (Lipinski definition) is 5. The fourth-order valence-corrected chi connectivity index (χ4v) is 4.61. The van der Waals surface area contributed by atoms with Crippen LogP contribution in [0.2, 0.25) is 0 Å². The molecule has 0 saturated heterocycles. The SMILES string of the molecule is Cc1cc2nc(NC(=O)c3sc(-c4ccccc4)nc3C)sc2cc1C. The lowest BCUT2D eigenvalue weighted by molar-refractivity contribution is 0.103. The van der Waals surface area contributed by atoms with Gasteiger partial charge in [0.05, 0.1) is 15.9 Å². The fraction of sp³-hybridized carbons (Fsp3) is 0.150. The van der Waals surface area contributed by atoms with Crippen LogP contribution in [-0.2, 0) is 0 Å². The summed E-state index contributed by atoms with van der Waals surface area (Å²) in [6.45, 7) is 6.01.